The fourth-order valence-corrected chi connectivity index (χ4v) is 3.72. The Bertz CT molecular complexity index is 797. The Balaban J connectivity index is 1.56. The largest absolute Gasteiger partial charge is 0.322 e. The standard InChI is InChI=1S/C18H23N5O/c1-11-4-5-12(2)17(6-11)23-13(3)16(9-20-23)21-18(24)22-10-14-7-15(22)8-19-14/h4-6,9,14-15,19H,7-8,10H2,1-3H3,(H,21,24)/t14-,15-/m0/s1. The number of benzene rings is 1. The van der Waals surface area contributed by atoms with Crippen molar-refractivity contribution in [2.45, 2.75) is 39.3 Å². The van der Waals surface area contributed by atoms with Gasteiger partial charge in [-0.25, -0.2) is 9.48 Å². The second-order valence-electron chi connectivity index (χ2n) is 6.92. The van der Waals surface area contributed by atoms with Gasteiger partial charge >= 0.3 is 6.03 Å². The molecule has 2 aliphatic heterocycles. The van der Waals surface area contributed by atoms with Crippen LogP contribution < -0.4 is 10.6 Å². The van der Waals surface area contributed by atoms with Crippen LogP contribution >= 0.6 is 0 Å². The molecule has 0 aliphatic carbocycles. The number of hydrogen-bond acceptors (Lipinski definition) is 3. The molecule has 6 nitrogen and oxygen atoms in total. The van der Waals surface area contributed by atoms with Gasteiger partial charge in [0.05, 0.1) is 23.3 Å². The van der Waals surface area contributed by atoms with Crippen molar-refractivity contribution in [1.29, 1.82) is 0 Å². The monoisotopic (exact) mass is 325 g/mol. The van der Waals surface area contributed by atoms with Crippen molar-refractivity contribution in [3.05, 3.63) is 41.2 Å². The highest BCUT2D eigenvalue weighted by Gasteiger charge is 2.40. The van der Waals surface area contributed by atoms with E-state index in [4.69, 9.17) is 0 Å². The minimum atomic E-state index is -0.0207. The molecule has 0 unspecified atom stereocenters. The van der Waals surface area contributed by atoms with Gasteiger partial charge in [-0.05, 0) is 44.4 Å². The van der Waals surface area contributed by atoms with Crippen LogP contribution in [0.5, 0.6) is 0 Å². The predicted octanol–water partition coefficient (Wildman–Crippen LogP) is 2.38. The highest BCUT2D eigenvalue weighted by atomic mass is 16.2. The quantitative estimate of drug-likeness (QED) is 0.891. The Kier molecular flexibility index (Phi) is 3.57. The summed E-state index contributed by atoms with van der Waals surface area (Å²) in [5.41, 5.74) is 5.12. The van der Waals surface area contributed by atoms with Gasteiger partial charge in [0.15, 0.2) is 0 Å². The fourth-order valence-electron chi connectivity index (χ4n) is 3.72. The first kappa shape index (κ1) is 15.2. The van der Waals surface area contributed by atoms with E-state index in [1.165, 1.54) is 5.56 Å². The van der Waals surface area contributed by atoms with Crippen molar-refractivity contribution in [3.63, 3.8) is 0 Å². The molecule has 2 aromatic rings. The number of amides is 2. The number of urea groups is 1. The molecule has 2 aliphatic rings. The average Bonchev–Trinajstić information content (AvgIpc) is 3.27. The molecule has 24 heavy (non-hydrogen) atoms. The van der Waals surface area contributed by atoms with Gasteiger partial charge in [-0.3, -0.25) is 0 Å². The SMILES string of the molecule is Cc1ccc(C)c(-n2ncc(NC(=O)N3C[C@@H]4C[C@H]3CN4)c2C)c1. The summed E-state index contributed by atoms with van der Waals surface area (Å²) in [6.07, 6.45) is 2.80. The molecule has 0 spiro atoms. The van der Waals surface area contributed by atoms with Gasteiger partial charge in [-0.15, -0.1) is 0 Å². The number of aromatic nitrogens is 2. The molecule has 0 radical (unpaired) electrons. The zero-order valence-corrected chi connectivity index (χ0v) is 14.3. The summed E-state index contributed by atoms with van der Waals surface area (Å²) in [4.78, 5) is 14.5. The van der Waals surface area contributed by atoms with E-state index < -0.39 is 0 Å². The number of rotatable bonds is 2. The molecule has 4 rings (SSSR count). The molecule has 126 valence electrons. The number of carbonyl (C=O) groups excluding carboxylic acids is 1. The summed E-state index contributed by atoms with van der Waals surface area (Å²) in [7, 11) is 0. The minimum absolute atomic E-state index is 0.0207. The van der Waals surface area contributed by atoms with Crippen LogP contribution in [0.2, 0.25) is 0 Å². The third kappa shape index (κ3) is 2.47. The van der Waals surface area contributed by atoms with E-state index in [-0.39, 0.29) is 6.03 Å². The summed E-state index contributed by atoms with van der Waals surface area (Å²) >= 11 is 0. The van der Waals surface area contributed by atoms with E-state index in [2.05, 4.69) is 47.8 Å². The lowest BCUT2D eigenvalue weighted by atomic mass is 10.1. The van der Waals surface area contributed by atoms with Crippen molar-refractivity contribution in [3.8, 4) is 5.69 Å². The van der Waals surface area contributed by atoms with E-state index >= 15 is 0 Å². The maximum Gasteiger partial charge on any atom is 0.322 e. The molecule has 3 heterocycles. The number of nitrogens with one attached hydrogen (secondary N) is 2. The number of likely N-dealkylation sites (tertiary alicyclic amines) is 1. The smallest absolute Gasteiger partial charge is 0.319 e. The molecule has 2 amide bonds. The van der Waals surface area contributed by atoms with Crippen LogP contribution in [0, 0.1) is 20.8 Å². The molecule has 2 N–H and O–H groups in total. The highest BCUT2D eigenvalue weighted by molar-refractivity contribution is 5.90. The first-order valence-electron chi connectivity index (χ1n) is 8.46. The molecule has 1 aromatic carbocycles. The van der Waals surface area contributed by atoms with Crippen LogP contribution in [0.3, 0.4) is 0 Å². The van der Waals surface area contributed by atoms with Crippen molar-refractivity contribution in [2.24, 2.45) is 0 Å². The Morgan fingerprint density at radius 1 is 1.33 bits per heavy atom. The van der Waals surface area contributed by atoms with Crippen LogP contribution in [-0.2, 0) is 0 Å². The topological polar surface area (TPSA) is 62.2 Å². The number of aryl methyl sites for hydroxylation is 2. The zero-order chi connectivity index (χ0) is 16.8. The predicted molar refractivity (Wildman–Crippen MR) is 93.7 cm³/mol. The number of hydrogen-bond donors (Lipinski definition) is 2. The molecule has 0 saturated carbocycles. The number of anilines is 1. The van der Waals surface area contributed by atoms with Crippen LogP contribution in [-0.4, -0.2) is 45.9 Å². The second kappa shape index (κ2) is 5.63. The van der Waals surface area contributed by atoms with Crippen LogP contribution in [0.4, 0.5) is 10.5 Å². The Morgan fingerprint density at radius 3 is 2.88 bits per heavy atom. The van der Waals surface area contributed by atoms with Gasteiger partial charge in [-0.1, -0.05) is 12.1 Å². The first-order chi connectivity index (χ1) is 11.5. The van der Waals surface area contributed by atoms with E-state index in [0.29, 0.717) is 12.1 Å². The van der Waals surface area contributed by atoms with Gasteiger partial charge in [-0.2, -0.15) is 5.10 Å². The van der Waals surface area contributed by atoms with Gasteiger partial charge < -0.3 is 15.5 Å². The molecule has 2 bridgehead atoms. The molecule has 2 fully saturated rings. The summed E-state index contributed by atoms with van der Waals surface area (Å²) in [5, 5.41) is 10.9. The highest BCUT2D eigenvalue weighted by Crippen LogP contribution is 2.26. The summed E-state index contributed by atoms with van der Waals surface area (Å²) < 4.78 is 1.90. The van der Waals surface area contributed by atoms with Crippen molar-refractivity contribution < 1.29 is 4.79 Å². The van der Waals surface area contributed by atoms with Crippen LogP contribution in [0.15, 0.2) is 24.4 Å². The van der Waals surface area contributed by atoms with Gasteiger partial charge in [0.2, 0.25) is 0 Å². The molecule has 2 saturated heterocycles. The molecule has 1 aromatic heterocycles. The van der Waals surface area contributed by atoms with Crippen LogP contribution in [0.1, 0.15) is 23.2 Å². The third-order valence-corrected chi connectivity index (χ3v) is 5.16. The maximum atomic E-state index is 12.6. The molecule has 6 heteroatoms. The Morgan fingerprint density at radius 2 is 2.17 bits per heavy atom. The normalized spacial score (nSPS) is 22.2. The molecule has 2 atom stereocenters. The zero-order valence-electron chi connectivity index (χ0n) is 14.3. The Labute approximate surface area is 141 Å². The average molecular weight is 325 g/mol. The lowest BCUT2D eigenvalue weighted by molar-refractivity contribution is 0.199. The van der Waals surface area contributed by atoms with E-state index in [1.54, 1.807) is 6.20 Å². The fraction of sp³-hybridized carbons (Fsp3) is 0.444. The van der Waals surface area contributed by atoms with Crippen molar-refractivity contribution >= 4 is 11.7 Å². The number of nitrogens with zero attached hydrogens (tertiary/aromatic N) is 3. The molecular weight excluding hydrogens is 302 g/mol. The van der Waals surface area contributed by atoms with Crippen LogP contribution in [0.25, 0.3) is 5.69 Å². The minimum Gasteiger partial charge on any atom is -0.319 e. The van der Waals surface area contributed by atoms with Crippen molar-refractivity contribution in [2.75, 3.05) is 18.4 Å². The summed E-state index contributed by atoms with van der Waals surface area (Å²) in [6.45, 7) is 7.82. The maximum absolute atomic E-state index is 12.6. The molecular formula is C18H23N5O. The summed E-state index contributed by atoms with van der Waals surface area (Å²) in [6, 6.07) is 7.07. The van der Waals surface area contributed by atoms with Crippen molar-refractivity contribution in [1.82, 2.24) is 20.0 Å². The van der Waals surface area contributed by atoms with Gasteiger partial charge in [0, 0.05) is 25.2 Å². The van der Waals surface area contributed by atoms with E-state index in [1.807, 2.05) is 16.5 Å². The first-order valence-corrected chi connectivity index (χ1v) is 8.46. The number of piperazine rings is 1. The summed E-state index contributed by atoms with van der Waals surface area (Å²) in [5.74, 6) is 0. The second-order valence-corrected chi connectivity index (χ2v) is 6.92. The number of fused-ring (bicyclic) bond motifs is 2. The lowest BCUT2D eigenvalue weighted by Gasteiger charge is -2.27. The van der Waals surface area contributed by atoms with E-state index in [0.717, 1.165) is 42.1 Å². The Hall–Kier alpha value is -2.34. The van der Waals surface area contributed by atoms with E-state index in [9.17, 15) is 4.79 Å². The number of carbonyl (C=O) groups is 1. The van der Waals surface area contributed by atoms with Gasteiger partial charge in [0.1, 0.15) is 0 Å². The lowest BCUT2D eigenvalue weighted by Crippen LogP contribution is -2.48. The third-order valence-electron chi connectivity index (χ3n) is 5.16. The van der Waals surface area contributed by atoms with Gasteiger partial charge in [0.25, 0.3) is 0 Å².